The van der Waals surface area contributed by atoms with E-state index in [1.54, 1.807) is 16.8 Å². The van der Waals surface area contributed by atoms with Gasteiger partial charge in [0.15, 0.2) is 17.7 Å². The second-order valence-electron chi connectivity index (χ2n) is 7.65. The molecule has 0 saturated carbocycles. The number of nitrogen functional groups attached to an aromatic ring is 1. The average Bonchev–Trinajstić information content (AvgIpc) is 3.61. The van der Waals surface area contributed by atoms with Crippen molar-refractivity contribution >= 4 is 45.9 Å². The minimum atomic E-state index is -2.09. The first-order chi connectivity index (χ1) is 16.8. The summed E-state index contributed by atoms with van der Waals surface area (Å²) in [6, 6.07) is 1.74. The molecule has 1 unspecified atom stereocenters. The minimum Gasteiger partial charge on any atom is -0.476 e. The number of fused-ring (bicyclic) bond motifs is 1. The maximum absolute atomic E-state index is 12.4. The van der Waals surface area contributed by atoms with Crippen molar-refractivity contribution in [3.8, 4) is 0 Å². The molecule has 6 N–H and O–H groups in total. The fraction of sp³-hybridized carbons (Fsp3) is 0.412. The molecule has 4 aromatic heterocycles. The Bertz CT molecular complexity index is 1340. The average molecular weight is 526 g/mol. The molecule has 0 aliphatic carbocycles. The predicted molar refractivity (Wildman–Crippen MR) is 115 cm³/mol. The lowest BCUT2D eigenvalue weighted by Crippen LogP contribution is -2.67. The number of H-pyrrole nitrogens is 1. The van der Waals surface area contributed by atoms with Crippen molar-refractivity contribution in [2.45, 2.75) is 36.7 Å². The van der Waals surface area contributed by atoms with Gasteiger partial charge in [0.1, 0.15) is 29.0 Å². The molecule has 1 saturated heterocycles. The number of hydrogen-bond donors (Lipinski definition) is 5. The zero-order valence-corrected chi connectivity index (χ0v) is 19.1. The fourth-order valence-electron chi connectivity index (χ4n) is 3.79. The number of carbonyl (C=O) groups is 1. The van der Waals surface area contributed by atoms with Crippen molar-refractivity contribution in [3.05, 3.63) is 34.0 Å². The van der Waals surface area contributed by atoms with Crippen LogP contribution >= 0.6 is 22.9 Å². The molecule has 184 valence electrons. The number of anilines is 1. The Morgan fingerprint density at radius 1 is 1.40 bits per heavy atom. The van der Waals surface area contributed by atoms with E-state index in [0.717, 1.165) is 4.80 Å². The molecule has 18 heteroatoms. The van der Waals surface area contributed by atoms with Gasteiger partial charge >= 0.3 is 11.7 Å². The van der Waals surface area contributed by atoms with Crippen LogP contribution in [0.4, 0.5) is 5.82 Å². The van der Waals surface area contributed by atoms with Crippen molar-refractivity contribution in [2.24, 2.45) is 0 Å². The van der Waals surface area contributed by atoms with E-state index in [9.17, 15) is 20.1 Å². The number of ether oxygens (including phenoxy) is 2. The highest BCUT2D eigenvalue weighted by molar-refractivity contribution is 7.07. The molecule has 5 rings (SSSR count). The van der Waals surface area contributed by atoms with E-state index >= 15 is 0 Å². The number of nitrogens with zero attached hydrogens (tertiary/aromatic N) is 8. The van der Waals surface area contributed by atoms with Crippen LogP contribution in [0.3, 0.4) is 0 Å². The SMILES string of the molecule is Nc1nc(Cl)nc2c1ncn2[C@@H]1O[C@H](COC(Cc2ccsc2)(C(=O)O)[n+]2nnn[nH]2)[C@@H](O)[C@H]1O. The van der Waals surface area contributed by atoms with E-state index in [0.29, 0.717) is 5.56 Å². The Labute approximate surface area is 203 Å². The van der Waals surface area contributed by atoms with Gasteiger partial charge in [-0.3, -0.25) is 4.57 Å². The summed E-state index contributed by atoms with van der Waals surface area (Å²) in [5.74, 6) is -1.36. The zero-order valence-electron chi connectivity index (χ0n) is 17.5. The standard InChI is InChI=1S/C17H17ClN10O6S/c18-16-21-12(19)9-13(22-16)27(6-20-9)14-11(30)10(29)8(34-14)4-33-17(15(31)32,28-25-23-24-26-28)3-7-1-2-35-5-7/h1-2,5-6,8,10-11,14,29-30H,3-4H2,(H3,19,21,22,31,32)/p+1/t8-,10-,11-,14-,17?/m1/s1. The Morgan fingerprint density at radius 2 is 2.23 bits per heavy atom. The monoisotopic (exact) mass is 525 g/mol. The maximum Gasteiger partial charge on any atom is 0.378 e. The quantitative estimate of drug-likeness (QED) is 0.127. The summed E-state index contributed by atoms with van der Waals surface area (Å²) in [5.41, 5.74) is 4.80. The number of carboxylic acid groups (broad SMARTS) is 1. The van der Waals surface area contributed by atoms with Crippen LogP contribution in [0.1, 0.15) is 11.8 Å². The molecule has 0 bridgehead atoms. The topological polar surface area (TPSA) is 224 Å². The smallest absolute Gasteiger partial charge is 0.378 e. The number of aromatic amines is 1. The molecule has 5 atom stereocenters. The van der Waals surface area contributed by atoms with Crippen molar-refractivity contribution in [3.63, 3.8) is 0 Å². The third-order valence-corrected chi connectivity index (χ3v) is 6.43. The molecule has 0 radical (unpaired) electrons. The molecular formula is C17H18ClN10O6S+. The Hall–Kier alpha value is -3.35. The molecule has 1 fully saturated rings. The van der Waals surface area contributed by atoms with Crippen LogP contribution in [0.25, 0.3) is 11.2 Å². The molecule has 0 aromatic carbocycles. The lowest BCUT2D eigenvalue weighted by molar-refractivity contribution is -0.885. The number of carboxylic acids is 1. The van der Waals surface area contributed by atoms with Crippen LogP contribution in [0.2, 0.25) is 5.28 Å². The summed E-state index contributed by atoms with van der Waals surface area (Å²) in [4.78, 5) is 25.3. The molecule has 0 spiro atoms. The van der Waals surface area contributed by atoms with Gasteiger partial charge in [-0.1, -0.05) is 0 Å². The first-order valence-electron chi connectivity index (χ1n) is 10.0. The summed E-state index contributed by atoms with van der Waals surface area (Å²) in [6.45, 7) is -0.441. The molecule has 1 aliphatic heterocycles. The Kier molecular flexibility index (Phi) is 6.03. The summed E-state index contributed by atoms with van der Waals surface area (Å²) in [7, 11) is 0. The summed E-state index contributed by atoms with van der Waals surface area (Å²) >= 11 is 7.28. The number of aliphatic hydroxyl groups is 2. The minimum absolute atomic E-state index is 0.0315. The van der Waals surface area contributed by atoms with Crippen LogP contribution in [-0.4, -0.2) is 86.6 Å². The van der Waals surface area contributed by atoms with Gasteiger partial charge in [-0.25, -0.2) is 9.78 Å². The van der Waals surface area contributed by atoms with Crippen molar-refractivity contribution in [1.82, 2.24) is 40.4 Å². The van der Waals surface area contributed by atoms with E-state index in [-0.39, 0.29) is 28.7 Å². The number of aliphatic hydroxyl groups excluding tert-OH is 2. The Balaban J connectivity index is 1.41. The number of hydrogen-bond acceptors (Lipinski definition) is 13. The number of nitrogens with two attached hydrogens (primary N) is 1. The number of aliphatic carboxylic acids is 1. The zero-order chi connectivity index (χ0) is 24.7. The number of aromatic nitrogens is 9. The van der Waals surface area contributed by atoms with Gasteiger partial charge in [0.25, 0.3) is 0 Å². The number of halogens is 1. The van der Waals surface area contributed by atoms with Crippen molar-refractivity contribution in [2.75, 3.05) is 12.3 Å². The highest BCUT2D eigenvalue weighted by Crippen LogP contribution is 2.33. The summed E-state index contributed by atoms with van der Waals surface area (Å²) in [5, 5.41) is 47.7. The number of nitrogens with one attached hydrogen (secondary N) is 1. The van der Waals surface area contributed by atoms with Gasteiger partial charge in [-0.15, -0.1) is 0 Å². The summed E-state index contributed by atoms with van der Waals surface area (Å²) < 4.78 is 13.0. The number of thiophene rings is 1. The third kappa shape index (κ3) is 4.07. The first kappa shape index (κ1) is 23.4. The molecule has 4 aromatic rings. The highest BCUT2D eigenvalue weighted by atomic mass is 35.5. The van der Waals surface area contributed by atoms with Gasteiger partial charge in [0.2, 0.25) is 15.7 Å². The van der Waals surface area contributed by atoms with E-state index < -0.39 is 42.8 Å². The van der Waals surface area contributed by atoms with Gasteiger partial charge in [0, 0.05) is 0 Å². The van der Waals surface area contributed by atoms with Gasteiger partial charge in [-0.05, 0) is 44.0 Å². The maximum atomic E-state index is 12.4. The second kappa shape index (κ2) is 9.02. The van der Waals surface area contributed by atoms with E-state index in [2.05, 4.69) is 35.8 Å². The van der Waals surface area contributed by atoms with Crippen molar-refractivity contribution in [1.29, 1.82) is 0 Å². The van der Waals surface area contributed by atoms with Crippen LogP contribution in [0.15, 0.2) is 23.2 Å². The number of rotatable bonds is 8. The Morgan fingerprint density at radius 3 is 2.91 bits per heavy atom. The van der Waals surface area contributed by atoms with Crippen molar-refractivity contribution < 1.29 is 34.4 Å². The summed E-state index contributed by atoms with van der Waals surface area (Å²) in [6.07, 6.45) is -4.00. The van der Waals surface area contributed by atoms with Crippen LogP contribution < -0.4 is 10.5 Å². The lowest BCUT2D eigenvalue weighted by Gasteiger charge is -2.26. The van der Waals surface area contributed by atoms with Crippen LogP contribution in [0, 0.1) is 0 Å². The highest BCUT2D eigenvalue weighted by Gasteiger charge is 2.52. The van der Waals surface area contributed by atoms with E-state index in [1.807, 2.05) is 0 Å². The van der Waals surface area contributed by atoms with Gasteiger partial charge < -0.3 is 30.5 Å². The normalized spacial score (nSPS) is 24.1. The van der Waals surface area contributed by atoms with Gasteiger partial charge in [-0.2, -0.15) is 21.3 Å². The lowest BCUT2D eigenvalue weighted by atomic mass is 10.1. The number of imidazole rings is 1. The second-order valence-corrected chi connectivity index (χ2v) is 8.77. The van der Waals surface area contributed by atoms with E-state index in [1.165, 1.54) is 22.2 Å². The molecule has 16 nitrogen and oxygen atoms in total. The largest absolute Gasteiger partial charge is 0.476 e. The van der Waals surface area contributed by atoms with E-state index in [4.69, 9.17) is 26.8 Å². The third-order valence-electron chi connectivity index (χ3n) is 5.53. The molecule has 0 amide bonds. The van der Waals surface area contributed by atoms with Crippen LogP contribution in [-0.2, 0) is 26.4 Å². The molecule has 5 heterocycles. The molecule has 35 heavy (non-hydrogen) atoms. The molecule has 1 aliphatic rings. The fourth-order valence-corrected chi connectivity index (χ4v) is 4.63. The first-order valence-corrected chi connectivity index (χ1v) is 11.3. The van der Waals surface area contributed by atoms with Gasteiger partial charge in [0.05, 0.1) is 19.4 Å². The van der Waals surface area contributed by atoms with Crippen LogP contribution in [0.5, 0.6) is 0 Å². The predicted octanol–water partition coefficient (Wildman–Crippen LogP) is -1.76. The molecular weight excluding hydrogens is 508 g/mol.